The lowest BCUT2D eigenvalue weighted by atomic mass is 10.0. The lowest BCUT2D eigenvalue weighted by Crippen LogP contribution is -2.52. The average Bonchev–Trinajstić information content (AvgIpc) is 2.98. The van der Waals surface area contributed by atoms with E-state index in [0.29, 0.717) is 18.1 Å². The number of methoxy groups -OCH3 is 1. The van der Waals surface area contributed by atoms with E-state index in [1.165, 1.54) is 38.8 Å². The first kappa shape index (κ1) is 23.4. The molecule has 28 heavy (non-hydrogen) atoms. The Bertz CT molecular complexity index is 428. The summed E-state index contributed by atoms with van der Waals surface area (Å²) < 4.78 is 11.1. The van der Waals surface area contributed by atoms with Crippen molar-refractivity contribution in [2.75, 3.05) is 60.1 Å². The summed E-state index contributed by atoms with van der Waals surface area (Å²) in [6.07, 6.45) is 8.98. The van der Waals surface area contributed by atoms with Gasteiger partial charge in [-0.3, -0.25) is 9.89 Å². The number of aliphatic imine (C=N–C) groups is 1. The van der Waals surface area contributed by atoms with Crippen molar-refractivity contribution in [1.82, 2.24) is 15.1 Å². The molecule has 2 rings (SSSR count). The molecule has 2 heterocycles. The zero-order valence-electron chi connectivity index (χ0n) is 18.8. The van der Waals surface area contributed by atoms with Crippen LogP contribution < -0.4 is 5.32 Å². The maximum atomic E-state index is 5.99. The number of ether oxygens (including phenoxy) is 2. The minimum Gasteiger partial charge on any atom is -0.385 e. The molecule has 0 aromatic heterocycles. The van der Waals surface area contributed by atoms with Gasteiger partial charge in [0.2, 0.25) is 0 Å². The van der Waals surface area contributed by atoms with E-state index < -0.39 is 0 Å². The molecule has 2 aliphatic rings. The fourth-order valence-corrected chi connectivity index (χ4v) is 4.43. The Labute approximate surface area is 173 Å². The molecular weight excluding hydrogens is 352 g/mol. The first-order valence-corrected chi connectivity index (χ1v) is 11.5. The molecule has 164 valence electrons. The van der Waals surface area contributed by atoms with Gasteiger partial charge in [0.15, 0.2) is 5.96 Å². The van der Waals surface area contributed by atoms with Gasteiger partial charge in [-0.25, -0.2) is 0 Å². The van der Waals surface area contributed by atoms with Gasteiger partial charge in [-0.2, -0.15) is 0 Å². The van der Waals surface area contributed by atoms with Gasteiger partial charge in [0.05, 0.1) is 6.10 Å². The van der Waals surface area contributed by atoms with E-state index in [-0.39, 0.29) is 0 Å². The summed E-state index contributed by atoms with van der Waals surface area (Å²) in [6.45, 7) is 11.8. The van der Waals surface area contributed by atoms with Crippen LogP contribution in [-0.4, -0.2) is 88.0 Å². The highest BCUT2D eigenvalue weighted by Gasteiger charge is 2.25. The van der Waals surface area contributed by atoms with Crippen LogP contribution in [0, 0.1) is 5.92 Å². The van der Waals surface area contributed by atoms with E-state index >= 15 is 0 Å². The monoisotopic (exact) mass is 396 g/mol. The molecule has 0 spiro atoms. The average molecular weight is 397 g/mol. The molecule has 0 aromatic carbocycles. The number of nitrogens with one attached hydrogen (secondary N) is 1. The normalized spacial score (nSPS) is 21.8. The van der Waals surface area contributed by atoms with Crippen molar-refractivity contribution in [3.8, 4) is 0 Å². The fourth-order valence-electron chi connectivity index (χ4n) is 4.43. The summed E-state index contributed by atoms with van der Waals surface area (Å²) in [6, 6.07) is 0.580. The third-order valence-electron chi connectivity index (χ3n) is 6.15. The Balaban J connectivity index is 1.76. The van der Waals surface area contributed by atoms with Crippen molar-refractivity contribution in [2.24, 2.45) is 10.9 Å². The Hall–Kier alpha value is -0.850. The Morgan fingerprint density at radius 1 is 1.04 bits per heavy atom. The maximum absolute atomic E-state index is 5.99. The quantitative estimate of drug-likeness (QED) is 0.369. The van der Waals surface area contributed by atoms with Gasteiger partial charge in [0.1, 0.15) is 0 Å². The summed E-state index contributed by atoms with van der Waals surface area (Å²) in [5.41, 5.74) is 0. The molecule has 0 bridgehead atoms. The van der Waals surface area contributed by atoms with Gasteiger partial charge >= 0.3 is 0 Å². The number of hydrogen-bond acceptors (Lipinski definition) is 4. The van der Waals surface area contributed by atoms with Crippen LogP contribution >= 0.6 is 0 Å². The van der Waals surface area contributed by atoms with Crippen LogP contribution in [0.3, 0.4) is 0 Å². The van der Waals surface area contributed by atoms with Crippen molar-refractivity contribution in [3.05, 3.63) is 0 Å². The lowest BCUT2D eigenvalue weighted by Gasteiger charge is -2.37. The largest absolute Gasteiger partial charge is 0.385 e. The highest BCUT2D eigenvalue weighted by atomic mass is 16.5. The van der Waals surface area contributed by atoms with Crippen LogP contribution in [0.25, 0.3) is 0 Å². The maximum Gasteiger partial charge on any atom is 0.193 e. The molecule has 6 heteroatoms. The molecule has 2 fully saturated rings. The van der Waals surface area contributed by atoms with Crippen molar-refractivity contribution < 1.29 is 9.47 Å². The zero-order chi connectivity index (χ0) is 20.2. The standard InChI is InChI=1S/C22H44N4O2/c1-19(2)21(25-12-7-5-6-8-13-25)18-24-22(23-3)26-14-10-20(11-15-26)28-17-9-16-27-4/h19-21H,5-18H2,1-4H3,(H,23,24). The summed E-state index contributed by atoms with van der Waals surface area (Å²) in [7, 11) is 3.65. The molecule has 2 saturated heterocycles. The Kier molecular flexibility index (Phi) is 11.2. The number of rotatable bonds is 9. The van der Waals surface area contributed by atoms with Crippen molar-refractivity contribution in [1.29, 1.82) is 0 Å². The number of likely N-dealkylation sites (tertiary alicyclic amines) is 2. The number of nitrogens with zero attached hydrogens (tertiary/aromatic N) is 3. The highest BCUT2D eigenvalue weighted by molar-refractivity contribution is 5.80. The molecular formula is C22H44N4O2. The second-order valence-corrected chi connectivity index (χ2v) is 8.59. The van der Waals surface area contributed by atoms with Crippen LogP contribution in [-0.2, 0) is 9.47 Å². The second-order valence-electron chi connectivity index (χ2n) is 8.59. The predicted molar refractivity (Wildman–Crippen MR) is 117 cm³/mol. The van der Waals surface area contributed by atoms with Crippen LogP contribution in [0.4, 0.5) is 0 Å². The molecule has 0 aliphatic carbocycles. The topological polar surface area (TPSA) is 49.3 Å². The molecule has 1 N–H and O–H groups in total. The van der Waals surface area contributed by atoms with Crippen LogP contribution in [0.5, 0.6) is 0 Å². The minimum atomic E-state index is 0.381. The summed E-state index contributed by atoms with van der Waals surface area (Å²) >= 11 is 0. The summed E-state index contributed by atoms with van der Waals surface area (Å²) in [5.74, 6) is 1.70. The molecule has 0 amide bonds. The molecule has 1 unspecified atom stereocenters. The molecule has 0 aromatic rings. The van der Waals surface area contributed by atoms with Gasteiger partial charge in [0, 0.05) is 53.0 Å². The SMILES string of the molecule is CN=C(NCC(C(C)C)N1CCCCCC1)N1CCC(OCCCOC)CC1. The fraction of sp³-hybridized carbons (Fsp3) is 0.955. The molecule has 0 radical (unpaired) electrons. The Morgan fingerprint density at radius 2 is 1.71 bits per heavy atom. The Morgan fingerprint density at radius 3 is 2.29 bits per heavy atom. The van der Waals surface area contributed by atoms with Crippen LogP contribution in [0.1, 0.15) is 58.8 Å². The number of hydrogen-bond donors (Lipinski definition) is 1. The molecule has 1 atom stereocenters. The van der Waals surface area contributed by atoms with Gasteiger partial charge < -0.3 is 19.7 Å². The van der Waals surface area contributed by atoms with Crippen LogP contribution in [0.2, 0.25) is 0 Å². The number of guanidine groups is 1. The van der Waals surface area contributed by atoms with Gasteiger partial charge in [0.25, 0.3) is 0 Å². The van der Waals surface area contributed by atoms with Gasteiger partial charge in [-0.05, 0) is 51.1 Å². The van der Waals surface area contributed by atoms with E-state index in [9.17, 15) is 0 Å². The van der Waals surface area contributed by atoms with Gasteiger partial charge in [-0.1, -0.05) is 26.7 Å². The van der Waals surface area contributed by atoms with E-state index in [2.05, 4.69) is 34.0 Å². The first-order chi connectivity index (χ1) is 13.7. The zero-order valence-corrected chi connectivity index (χ0v) is 18.8. The minimum absolute atomic E-state index is 0.381. The van der Waals surface area contributed by atoms with Crippen molar-refractivity contribution in [2.45, 2.75) is 70.9 Å². The van der Waals surface area contributed by atoms with Gasteiger partial charge in [-0.15, -0.1) is 0 Å². The van der Waals surface area contributed by atoms with Crippen molar-refractivity contribution >= 4 is 5.96 Å². The highest BCUT2D eigenvalue weighted by Crippen LogP contribution is 2.18. The second kappa shape index (κ2) is 13.4. The van der Waals surface area contributed by atoms with Crippen molar-refractivity contribution in [3.63, 3.8) is 0 Å². The lowest BCUT2D eigenvalue weighted by molar-refractivity contribution is 0.00983. The molecule has 0 saturated carbocycles. The summed E-state index contributed by atoms with van der Waals surface area (Å²) in [4.78, 5) is 9.68. The molecule has 2 aliphatic heterocycles. The predicted octanol–water partition coefficient (Wildman–Crippen LogP) is 2.98. The van der Waals surface area contributed by atoms with E-state index in [1.54, 1.807) is 7.11 Å². The van der Waals surface area contributed by atoms with Crippen LogP contribution in [0.15, 0.2) is 4.99 Å². The number of piperidine rings is 1. The third-order valence-corrected chi connectivity index (χ3v) is 6.15. The summed E-state index contributed by atoms with van der Waals surface area (Å²) in [5, 5.41) is 3.69. The molecule has 6 nitrogen and oxygen atoms in total. The van der Waals surface area contributed by atoms with E-state index in [1.807, 2.05) is 7.05 Å². The first-order valence-electron chi connectivity index (χ1n) is 11.5. The van der Waals surface area contributed by atoms with E-state index in [0.717, 1.165) is 58.1 Å². The smallest absolute Gasteiger partial charge is 0.193 e. The van der Waals surface area contributed by atoms with E-state index in [4.69, 9.17) is 9.47 Å². The third kappa shape index (κ3) is 7.88.